The number of carbonyl (C=O) groups is 1. The number of nitrogens with one attached hydrogen (secondary N) is 3. The van der Waals surface area contributed by atoms with E-state index in [1.54, 1.807) is 19.1 Å². The maximum atomic E-state index is 11.7. The van der Waals surface area contributed by atoms with Gasteiger partial charge in [0, 0.05) is 17.9 Å². The van der Waals surface area contributed by atoms with Crippen LogP contribution < -0.4 is 10.6 Å². The Bertz CT molecular complexity index is 915. The van der Waals surface area contributed by atoms with E-state index in [1.165, 1.54) is 19.3 Å². The van der Waals surface area contributed by atoms with Crippen molar-refractivity contribution in [2.45, 2.75) is 32.2 Å². The number of ether oxygens (including phenoxy) is 1. The molecule has 1 saturated carbocycles. The van der Waals surface area contributed by atoms with Crippen LogP contribution in [-0.2, 0) is 4.74 Å². The van der Waals surface area contributed by atoms with E-state index < -0.39 is 0 Å². The van der Waals surface area contributed by atoms with Crippen molar-refractivity contribution in [1.82, 2.24) is 15.0 Å². The number of aromatic amines is 1. The number of hydrogen-bond donors (Lipinski definition) is 3. The molecule has 0 aliphatic heterocycles. The zero-order chi connectivity index (χ0) is 17.9. The number of anilines is 3. The lowest BCUT2D eigenvalue weighted by molar-refractivity contribution is 0.0526. The first-order chi connectivity index (χ1) is 12.7. The molecule has 1 aliphatic rings. The number of fused-ring (bicyclic) bond motifs is 1. The van der Waals surface area contributed by atoms with Crippen molar-refractivity contribution in [3.8, 4) is 0 Å². The highest BCUT2D eigenvalue weighted by molar-refractivity contribution is 5.90. The Morgan fingerprint density at radius 1 is 1.23 bits per heavy atom. The second-order valence-corrected chi connectivity index (χ2v) is 6.33. The highest BCUT2D eigenvalue weighted by Gasteiger charge is 2.19. The molecule has 26 heavy (non-hydrogen) atoms. The van der Waals surface area contributed by atoms with E-state index in [1.807, 2.05) is 24.4 Å². The van der Waals surface area contributed by atoms with Crippen LogP contribution in [0.15, 0.2) is 36.5 Å². The van der Waals surface area contributed by atoms with Crippen LogP contribution in [0.25, 0.3) is 11.0 Å². The summed E-state index contributed by atoms with van der Waals surface area (Å²) >= 11 is 0. The van der Waals surface area contributed by atoms with Gasteiger partial charge in [0.25, 0.3) is 0 Å². The maximum Gasteiger partial charge on any atom is 0.338 e. The van der Waals surface area contributed by atoms with Gasteiger partial charge in [-0.2, -0.15) is 9.97 Å². The van der Waals surface area contributed by atoms with E-state index in [0.717, 1.165) is 22.5 Å². The molecule has 4 rings (SSSR count). The first-order valence-electron chi connectivity index (χ1n) is 8.89. The van der Waals surface area contributed by atoms with Gasteiger partial charge in [0.05, 0.1) is 17.6 Å². The Labute approximate surface area is 151 Å². The third kappa shape index (κ3) is 3.33. The van der Waals surface area contributed by atoms with E-state index in [4.69, 9.17) is 4.74 Å². The van der Waals surface area contributed by atoms with Gasteiger partial charge in [-0.3, -0.25) is 0 Å². The highest BCUT2D eigenvalue weighted by Crippen LogP contribution is 2.28. The van der Waals surface area contributed by atoms with Crippen LogP contribution in [0.5, 0.6) is 0 Å². The number of hydrogen-bond acceptors (Lipinski definition) is 6. The van der Waals surface area contributed by atoms with Crippen molar-refractivity contribution in [2.75, 3.05) is 17.2 Å². The number of nitrogens with zero attached hydrogens (tertiary/aromatic N) is 2. The quantitative estimate of drug-likeness (QED) is 0.584. The summed E-state index contributed by atoms with van der Waals surface area (Å²) in [5.74, 6) is 1.02. The van der Waals surface area contributed by atoms with Crippen molar-refractivity contribution in [3.63, 3.8) is 0 Å². The molecule has 1 aromatic carbocycles. The molecule has 2 aromatic heterocycles. The number of aromatic nitrogens is 3. The standard InChI is InChI=1S/C19H21N5O2/c1-2-26-18(25)12-6-8-14(9-7-12)22-19-23-16-15(10-11-20-16)17(24-19)21-13-4-3-5-13/h6-11,13H,2-5H2,1H3,(H3,20,21,22,23,24). The molecule has 0 amide bonds. The lowest BCUT2D eigenvalue weighted by Gasteiger charge is -2.27. The number of esters is 1. The Morgan fingerprint density at radius 3 is 2.73 bits per heavy atom. The van der Waals surface area contributed by atoms with Crippen LogP contribution in [0.3, 0.4) is 0 Å². The molecule has 3 aromatic rings. The second-order valence-electron chi connectivity index (χ2n) is 6.33. The number of carbonyl (C=O) groups excluding carboxylic acids is 1. The first-order valence-corrected chi connectivity index (χ1v) is 8.89. The molecule has 0 atom stereocenters. The van der Waals surface area contributed by atoms with Crippen molar-refractivity contribution in [2.24, 2.45) is 0 Å². The molecule has 7 heteroatoms. The summed E-state index contributed by atoms with van der Waals surface area (Å²) in [6, 6.07) is 9.54. The molecule has 3 N–H and O–H groups in total. The minimum Gasteiger partial charge on any atom is -0.462 e. The Hall–Kier alpha value is -3.09. The second kappa shape index (κ2) is 7.03. The van der Waals surface area contributed by atoms with Gasteiger partial charge in [-0.15, -0.1) is 0 Å². The zero-order valence-electron chi connectivity index (χ0n) is 14.6. The van der Waals surface area contributed by atoms with Gasteiger partial charge in [-0.05, 0) is 56.5 Å². The summed E-state index contributed by atoms with van der Waals surface area (Å²) < 4.78 is 5.00. The minimum atomic E-state index is -0.324. The van der Waals surface area contributed by atoms with Gasteiger partial charge in [-0.25, -0.2) is 4.79 Å². The highest BCUT2D eigenvalue weighted by atomic mass is 16.5. The molecule has 0 unspecified atom stereocenters. The van der Waals surface area contributed by atoms with Gasteiger partial charge < -0.3 is 20.4 Å². The predicted octanol–water partition coefficient (Wildman–Crippen LogP) is 3.84. The predicted molar refractivity (Wildman–Crippen MR) is 101 cm³/mol. The largest absolute Gasteiger partial charge is 0.462 e. The van der Waals surface area contributed by atoms with E-state index in [-0.39, 0.29) is 5.97 Å². The lowest BCUT2D eigenvalue weighted by atomic mass is 9.93. The molecule has 0 saturated heterocycles. The molecule has 0 bridgehead atoms. The fraction of sp³-hybridized carbons (Fsp3) is 0.316. The fourth-order valence-corrected chi connectivity index (χ4v) is 2.89. The van der Waals surface area contributed by atoms with Gasteiger partial charge in [-0.1, -0.05) is 0 Å². The summed E-state index contributed by atoms with van der Waals surface area (Å²) in [5.41, 5.74) is 2.11. The van der Waals surface area contributed by atoms with Crippen molar-refractivity contribution < 1.29 is 9.53 Å². The van der Waals surface area contributed by atoms with Crippen LogP contribution in [0.1, 0.15) is 36.5 Å². The van der Waals surface area contributed by atoms with Crippen LogP contribution in [0.2, 0.25) is 0 Å². The van der Waals surface area contributed by atoms with Gasteiger partial charge >= 0.3 is 5.97 Å². The summed E-state index contributed by atoms with van der Waals surface area (Å²) in [6.07, 6.45) is 5.47. The SMILES string of the molecule is CCOC(=O)c1ccc(Nc2nc(NC3CCC3)c3cc[nH]c3n2)cc1. The minimum absolute atomic E-state index is 0.324. The Morgan fingerprint density at radius 2 is 2.04 bits per heavy atom. The van der Waals surface area contributed by atoms with Crippen molar-refractivity contribution in [3.05, 3.63) is 42.1 Å². The molecule has 0 spiro atoms. The maximum absolute atomic E-state index is 11.7. The van der Waals surface area contributed by atoms with E-state index in [9.17, 15) is 4.79 Å². The van der Waals surface area contributed by atoms with Gasteiger partial charge in [0.1, 0.15) is 11.5 Å². The topological polar surface area (TPSA) is 91.9 Å². The zero-order valence-corrected chi connectivity index (χ0v) is 14.6. The van der Waals surface area contributed by atoms with Crippen molar-refractivity contribution >= 4 is 34.5 Å². The molecular weight excluding hydrogens is 330 g/mol. The molecule has 7 nitrogen and oxygen atoms in total. The number of rotatable bonds is 6. The molecule has 0 radical (unpaired) electrons. The number of benzene rings is 1. The van der Waals surface area contributed by atoms with Crippen LogP contribution in [0.4, 0.5) is 17.5 Å². The Balaban J connectivity index is 1.55. The average molecular weight is 351 g/mol. The summed E-state index contributed by atoms with van der Waals surface area (Å²) in [4.78, 5) is 24.0. The summed E-state index contributed by atoms with van der Waals surface area (Å²) in [6.45, 7) is 2.15. The fourth-order valence-electron chi connectivity index (χ4n) is 2.89. The van der Waals surface area contributed by atoms with E-state index >= 15 is 0 Å². The molecule has 134 valence electrons. The van der Waals surface area contributed by atoms with Crippen LogP contribution in [-0.4, -0.2) is 33.6 Å². The molecule has 1 aliphatic carbocycles. The van der Waals surface area contributed by atoms with Crippen LogP contribution >= 0.6 is 0 Å². The first kappa shape index (κ1) is 16.4. The van der Waals surface area contributed by atoms with E-state index in [0.29, 0.717) is 24.2 Å². The monoisotopic (exact) mass is 351 g/mol. The lowest BCUT2D eigenvalue weighted by Crippen LogP contribution is -2.27. The molecular formula is C19H21N5O2. The molecule has 1 fully saturated rings. The number of H-pyrrole nitrogens is 1. The van der Waals surface area contributed by atoms with Gasteiger partial charge in [0.15, 0.2) is 0 Å². The Kier molecular flexibility index (Phi) is 4.43. The summed E-state index contributed by atoms with van der Waals surface area (Å²) in [5, 5.41) is 7.68. The van der Waals surface area contributed by atoms with E-state index in [2.05, 4.69) is 25.6 Å². The summed E-state index contributed by atoms with van der Waals surface area (Å²) in [7, 11) is 0. The van der Waals surface area contributed by atoms with Crippen molar-refractivity contribution in [1.29, 1.82) is 0 Å². The third-order valence-electron chi connectivity index (χ3n) is 4.51. The average Bonchev–Trinajstić information content (AvgIpc) is 3.07. The third-order valence-corrected chi connectivity index (χ3v) is 4.51. The van der Waals surface area contributed by atoms with Gasteiger partial charge in [0.2, 0.25) is 5.95 Å². The van der Waals surface area contributed by atoms with Crippen LogP contribution in [0, 0.1) is 0 Å². The smallest absolute Gasteiger partial charge is 0.338 e. The normalized spacial score (nSPS) is 14.0. The molecule has 2 heterocycles.